The number of tetrazole rings is 1. The monoisotopic (exact) mass is 332 g/mol. The number of nitrogens with zero attached hydrogens (tertiary/aromatic N) is 6. The Balaban J connectivity index is 1.33. The molecule has 3 aliphatic heterocycles. The molecule has 24 heavy (non-hydrogen) atoms. The maximum Gasteiger partial charge on any atom is 0.222 e. The summed E-state index contributed by atoms with van der Waals surface area (Å²) in [7, 11) is 0. The van der Waals surface area contributed by atoms with Gasteiger partial charge in [-0.1, -0.05) is 0 Å². The average Bonchev–Trinajstić information content (AvgIpc) is 3.09. The number of carbonyl (C=O) groups excluding carboxylic acids is 2. The van der Waals surface area contributed by atoms with Gasteiger partial charge in [0.25, 0.3) is 0 Å². The first kappa shape index (κ1) is 15.5. The second kappa shape index (κ2) is 6.49. The van der Waals surface area contributed by atoms with E-state index in [1.165, 1.54) is 6.42 Å². The number of aromatic nitrogens is 4. The van der Waals surface area contributed by atoms with Gasteiger partial charge in [0.05, 0.1) is 0 Å². The van der Waals surface area contributed by atoms with Gasteiger partial charge in [0.15, 0.2) is 0 Å². The fourth-order valence-corrected chi connectivity index (χ4v) is 4.65. The van der Waals surface area contributed by atoms with Crippen LogP contribution in [0.5, 0.6) is 0 Å². The van der Waals surface area contributed by atoms with Gasteiger partial charge >= 0.3 is 0 Å². The summed E-state index contributed by atoms with van der Waals surface area (Å²) in [5, 5.41) is 11.0. The molecule has 8 nitrogen and oxygen atoms in total. The minimum absolute atomic E-state index is 0.230. The minimum atomic E-state index is 0.230. The van der Waals surface area contributed by atoms with E-state index in [1.54, 1.807) is 11.0 Å². The van der Waals surface area contributed by atoms with Gasteiger partial charge in [-0.2, -0.15) is 0 Å². The van der Waals surface area contributed by atoms with E-state index in [0.29, 0.717) is 43.2 Å². The van der Waals surface area contributed by atoms with Crippen LogP contribution in [0.4, 0.5) is 0 Å². The largest absolute Gasteiger partial charge is 0.342 e. The van der Waals surface area contributed by atoms with Crippen molar-refractivity contribution in [2.45, 2.75) is 51.1 Å². The summed E-state index contributed by atoms with van der Waals surface area (Å²) in [6.45, 7) is 3.13. The molecule has 1 aromatic heterocycles. The highest BCUT2D eigenvalue weighted by atomic mass is 16.2. The summed E-state index contributed by atoms with van der Waals surface area (Å²) in [6, 6.07) is 0.360. The molecule has 2 amide bonds. The number of hydrogen-bond donors (Lipinski definition) is 0. The van der Waals surface area contributed by atoms with E-state index in [2.05, 4.69) is 20.4 Å². The predicted molar refractivity (Wildman–Crippen MR) is 84.6 cm³/mol. The Hall–Kier alpha value is -1.99. The maximum atomic E-state index is 12.6. The quantitative estimate of drug-likeness (QED) is 0.792. The Kier molecular flexibility index (Phi) is 4.20. The molecule has 3 fully saturated rings. The van der Waals surface area contributed by atoms with Crippen molar-refractivity contribution < 1.29 is 9.59 Å². The van der Waals surface area contributed by atoms with Crippen LogP contribution in [0.1, 0.15) is 38.5 Å². The summed E-state index contributed by atoms with van der Waals surface area (Å²) < 4.78 is 1.66. The highest BCUT2D eigenvalue weighted by molar-refractivity contribution is 5.78. The van der Waals surface area contributed by atoms with E-state index in [9.17, 15) is 9.59 Å². The van der Waals surface area contributed by atoms with E-state index in [0.717, 1.165) is 38.9 Å². The molecule has 0 radical (unpaired) electrons. The SMILES string of the molecule is O=C(CCCn1cnnn1)N1C[C@H]2C[C@@H](C1)[C@@H]1CCCC(=O)N1C2. The molecule has 0 spiro atoms. The number of fused-ring (bicyclic) bond motifs is 4. The van der Waals surface area contributed by atoms with Crippen molar-refractivity contribution in [3.8, 4) is 0 Å². The Morgan fingerprint density at radius 2 is 2.21 bits per heavy atom. The Bertz CT molecular complexity index is 604. The fraction of sp³-hybridized carbons (Fsp3) is 0.812. The van der Waals surface area contributed by atoms with Crippen molar-refractivity contribution in [1.82, 2.24) is 30.0 Å². The van der Waals surface area contributed by atoms with Crippen LogP contribution >= 0.6 is 0 Å². The van der Waals surface area contributed by atoms with Gasteiger partial charge in [-0.3, -0.25) is 9.59 Å². The highest BCUT2D eigenvalue weighted by Crippen LogP contribution is 2.38. The smallest absolute Gasteiger partial charge is 0.222 e. The van der Waals surface area contributed by atoms with Crippen LogP contribution in [0.3, 0.4) is 0 Å². The van der Waals surface area contributed by atoms with Gasteiger partial charge in [-0.15, -0.1) is 5.10 Å². The first-order valence-corrected chi connectivity index (χ1v) is 8.98. The molecule has 4 rings (SSSR count). The van der Waals surface area contributed by atoms with E-state index in [4.69, 9.17) is 0 Å². The summed E-state index contributed by atoms with van der Waals surface area (Å²) >= 11 is 0. The summed E-state index contributed by atoms with van der Waals surface area (Å²) in [4.78, 5) is 28.9. The number of carbonyl (C=O) groups is 2. The minimum Gasteiger partial charge on any atom is -0.342 e. The Morgan fingerprint density at radius 3 is 3.04 bits per heavy atom. The zero-order valence-corrected chi connectivity index (χ0v) is 13.9. The zero-order chi connectivity index (χ0) is 16.5. The van der Waals surface area contributed by atoms with Crippen LogP contribution in [-0.2, 0) is 16.1 Å². The maximum absolute atomic E-state index is 12.6. The van der Waals surface area contributed by atoms with Gasteiger partial charge in [0.1, 0.15) is 6.33 Å². The van der Waals surface area contributed by atoms with Crippen molar-refractivity contribution in [3.63, 3.8) is 0 Å². The molecule has 0 saturated carbocycles. The highest BCUT2D eigenvalue weighted by Gasteiger charge is 2.44. The normalized spacial score (nSPS) is 29.5. The number of likely N-dealkylation sites (tertiary alicyclic amines) is 1. The van der Waals surface area contributed by atoms with E-state index >= 15 is 0 Å². The topological polar surface area (TPSA) is 84.2 Å². The number of hydrogen-bond acceptors (Lipinski definition) is 5. The molecular formula is C16H24N6O2. The molecule has 4 heterocycles. The van der Waals surface area contributed by atoms with Gasteiger partial charge in [0.2, 0.25) is 11.8 Å². The molecule has 0 aromatic carbocycles. The lowest BCUT2D eigenvalue weighted by Gasteiger charge is -2.52. The standard InChI is InChI=1S/C16H24N6O2/c23-15(5-2-6-21-11-17-18-19-21)20-8-12-7-13(10-20)14-3-1-4-16(24)22(14)9-12/h11-14H,1-10H2/t12-,13+,14+/m1/s1. The molecule has 1 aromatic rings. The van der Waals surface area contributed by atoms with Crippen molar-refractivity contribution in [2.24, 2.45) is 11.8 Å². The van der Waals surface area contributed by atoms with Crippen molar-refractivity contribution in [3.05, 3.63) is 6.33 Å². The van der Waals surface area contributed by atoms with Crippen LogP contribution in [0.2, 0.25) is 0 Å². The first-order chi connectivity index (χ1) is 11.7. The van der Waals surface area contributed by atoms with Crippen LogP contribution < -0.4 is 0 Å². The van der Waals surface area contributed by atoms with E-state index < -0.39 is 0 Å². The van der Waals surface area contributed by atoms with Gasteiger partial charge < -0.3 is 9.80 Å². The molecule has 3 saturated heterocycles. The second-order valence-electron chi connectivity index (χ2n) is 7.34. The van der Waals surface area contributed by atoms with Crippen LogP contribution in [-0.4, -0.2) is 67.5 Å². The molecule has 0 aliphatic carbocycles. The fourth-order valence-electron chi connectivity index (χ4n) is 4.65. The molecule has 3 atom stereocenters. The second-order valence-corrected chi connectivity index (χ2v) is 7.34. The molecule has 130 valence electrons. The van der Waals surface area contributed by atoms with Crippen LogP contribution in [0.15, 0.2) is 6.33 Å². The Labute approximate surface area is 141 Å². The van der Waals surface area contributed by atoms with Gasteiger partial charge in [-0.25, -0.2) is 4.68 Å². The lowest BCUT2D eigenvalue weighted by atomic mass is 9.76. The summed E-state index contributed by atoms with van der Waals surface area (Å²) in [5.41, 5.74) is 0. The number of piperidine rings is 3. The molecule has 3 aliphatic rings. The van der Waals surface area contributed by atoms with E-state index in [1.807, 2.05) is 4.90 Å². The third-order valence-electron chi connectivity index (χ3n) is 5.70. The lowest BCUT2D eigenvalue weighted by molar-refractivity contribution is -0.148. The zero-order valence-electron chi connectivity index (χ0n) is 13.9. The van der Waals surface area contributed by atoms with Gasteiger partial charge in [0, 0.05) is 45.1 Å². The first-order valence-electron chi connectivity index (χ1n) is 8.98. The molecule has 2 bridgehead atoms. The van der Waals surface area contributed by atoms with Gasteiger partial charge in [-0.05, 0) is 47.9 Å². The number of aryl methyl sites for hydroxylation is 1. The molecule has 0 N–H and O–H groups in total. The van der Waals surface area contributed by atoms with Crippen molar-refractivity contribution in [1.29, 1.82) is 0 Å². The van der Waals surface area contributed by atoms with E-state index in [-0.39, 0.29) is 5.91 Å². The predicted octanol–water partition coefficient (Wildman–Crippen LogP) is 0.313. The lowest BCUT2D eigenvalue weighted by Crippen LogP contribution is -2.61. The number of amides is 2. The van der Waals surface area contributed by atoms with Crippen LogP contribution in [0.25, 0.3) is 0 Å². The van der Waals surface area contributed by atoms with Crippen molar-refractivity contribution >= 4 is 11.8 Å². The summed E-state index contributed by atoms with van der Waals surface area (Å²) in [6.07, 6.45) is 6.84. The average molecular weight is 332 g/mol. The van der Waals surface area contributed by atoms with Crippen LogP contribution in [0, 0.1) is 11.8 Å². The summed E-state index contributed by atoms with van der Waals surface area (Å²) in [5.74, 6) is 1.46. The Morgan fingerprint density at radius 1 is 1.29 bits per heavy atom. The molecule has 8 heteroatoms. The third-order valence-corrected chi connectivity index (χ3v) is 5.70. The van der Waals surface area contributed by atoms with Crippen molar-refractivity contribution in [2.75, 3.05) is 19.6 Å². The number of rotatable bonds is 4. The molecule has 0 unspecified atom stereocenters. The third kappa shape index (κ3) is 3.01. The molecular weight excluding hydrogens is 308 g/mol.